The molecular weight excluding hydrogens is 152 g/mol. The van der Waals surface area contributed by atoms with Crippen LogP contribution in [0, 0.1) is 6.85 Å². The number of rotatable bonds is 0. The highest BCUT2D eigenvalue weighted by molar-refractivity contribution is 5.80. The first kappa shape index (κ1) is 4.40. The molecule has 0 atom stereocenters. The maximum atomic E-state index is 11.1. The summed E-state index contributed by atoms with van der Waals surface area (Å²) in [6.07, 6.45) is 0. The normalized spacial score (nSPS) is 15.2. The van der Waals surface area contributed by atoms with Gasteiger partial charge in [0, 0.05) is 9.50 Å². The Morgan fingerprint density at radius 3 is 3.17 bits per heavy atom. The molecule has 0 spiro atoms. The van der Waals surface area contributed by atoms with Gasteiger partial charge in [0.25, 0.3) is 0 Å². The second-order valence-electron chi connectivity index (χ2n) is 2.44. The van der Waals surface area contributed by atoms with Crippen molar-refractivity contribution in [3.63, 3.8) is 0 Å². The Kier molecular flexibility index (Phi) is 0.896. The predicted molar refractivity (Wildman–Crippen MR) is 47.1 cm³/mol. The minimum atomic E-state index is -2.37. The van der Waals surface area contributed by atoms with Gasteiger partial charge in [0.15, 0.2) is 0 Å². The molecule has 0 saturated carbocycles. The van der Waals surface area contributed by atoms with Crippen LogP contribution in [0.3, 0.4) is 0 Å². The van der Waals surface area contributed by atoms with E-state index in [1.165, 1.54) is 0 Å². The lowest BCUT2D eigenvalue weighted by atomic mass is 10.2. The van der Waals surface area contributed by atoms with Crippen molar-refractivity contribution in [2.75, 3.05) is 0 Å². The van der Waals surface area contributed by atoms with Crippen molar-refractivity contribution in [1.29, 1.82) is 0 Å². The van der Waals surface area contributed by atoms with Gasteiger partial charge in [0.2, 0.25) is 0 Å². The molecule has 1 aromatic carbocycles. The number of benzene rings is 1. The van der Waals surface area contributed by atoms with E-state index in [-0.39, 0.29) is 5.69 Å². The Morgan fingerprint density at radius 1 is 1.50 bits per heavy atom. The molecule has 3 heteroatoms. The Labute approximate surface area is 73.3 Å². The summed E-state index contributed by atoms with van der Waals surface area (Å²) in [7, 11) is 0. The molecule has 0 aliphatic rings. The van der Waals surface area contributed by atoms with Crippen molar-refractivity contribution in [2.45, 2.75) is 6.85 Å². The first-order valence-electron chi connectivity index (χ1n) is 4.98. The van der Waals surface area contributed by atoms with Crippen molar-refractivity contribution in [3.05, 3.63) is 40.4 Å². The molecule has 0 aliphatic heterocycles. The minimum absolute atomic E-state index is 0.151. The van der Waals surface area contributed by atoms with E-state index in [9.17, 15) is 4.79 Å². The van der Waals surface area contributed by atoms with Crippen LogP contribution in [0.25, 0.3) is 10.9 Å². The Bertz CT molecular complexity index is 559. The van der Waals surface area contributed by atoms with E-state index in [0.717, 1.165) is 0 Å². The first-order chi connectivity index (χ1) is 6.98. The van der Waals surface area contributed by atoms with Crippen molar-refractivity contribution >= 4 is 10.9 Å². The van der Waals surface area contributed by atoms with Crippen LogP contribution < -0.4 is 5.69 Å². The molecule has 2 aromatic rings. The summed E-state index contributed by atoms with van der Waals surface area (Å²) in [5, 5.41) is 0.456. The molecule has 0 bridgehead atoms. The molecular formula is C9H8N2O. The molecule has 0 saturated heterocycles. The van der Waals surface area contributed by atoms with Gasteiger partial charge in [-0.3, -0.25) is 0 Å². The van der Waals surface area contributed by atoms with Gasteiger partial charge in [-0.25, -0.2) is 4.79 Å². The van der Waals surface area contributed by atoms with Crippen LogP contribution in [0.4, 0.5) is 0 Å². The molecule has 0 amide bonds. The second-order valence-corrected chi connectivity index (χ2v) is 2.44. The number of aryl methyl sites for hydroxylation is 1. The number of aromatic nitrogens is 2. The summed E-state index contributed by atoms with van der Waals surface area (Å²) in [5.41, 5.74) is -0.301. The summed E-state index contributed by atoms with van der Waals surface area (Å²) in [4.78, 5) is 17.1. The molecule has 1 heterocycles. The van der Waals surface area contributed by atoms with Crippen molar-refractivity contribution in [2.24, 2.45) is 0 Å². The van der Waals surface area contributed by atoms with Crippen LogP contribution in [0.5, 0.6) is 0 Å². The quantitative estimate of drug-likeness (QED) is 0.635. The first-order valence-corrected chi connectivity index (χ1v) is 3.48. The lowest BCUT2D eigenvalue weighted by Gasteiger charge is -1.97. The van der Waals surface area contributed by atoms with E-state index >= 15 is 0 Å². The summed E-state index contributed by atoms with van der Waals surface area (Å²) in [6.45, 7) is -2.37. The molecule has 0 fully saturated rings. The highest BCUT2D eigenvalue weighted by Crippen LogP contribution is 2.10. The van der Waals surface area contributed by atoms with Gasteiger partial charge >= 0.3 is 5.69 Å². The van der Waals surface area contributed by atoms with Gasteiger partial charge in [0.1, 0.15) is 0 Å². The molecule has 1 aromatic heterocycles. The SMILES string of the molecule is [2H]C([2H])([2H])c1nc(=O)[nH]c2ccccc12. The number of aromatic amines is 1. The molecule has 3 nitrogen and oxygen atoms in total. The molecule has 0 radical (unpaired) electrons. The molecule has 0 unspecified atom stereocenters. The number of nitrogens with zero attached hydrogens (tertiary/aromatic N) is 1. The number of hydrogen-bond donors (Lipinski definition) is 1. The van der Waals surface area contributed by atoms with Crippen molar-refractivity contribution in [1.82, 2.24) is 9.97 Å². The third-order valence-corrected chi connectivity index (χ3v) is 1.64. The van der Waals surface area contributed by atoms with E-state index in [1.807, 2.05) is 0 Å². The highest BCUT2D eigenvalue weighted by Gasteiger charge is 1.97. The highest BCUT2D eigenvalue weighted by atomic mass is 16.1. The van der Waals surface area contributed by atoms with Crippen LogP contribution in [0.1, 0.15) is 9.81 Å². The number of H-pyrrole nitrogens is 1. The number of fused-ring (bicyclic) bond motifs is 1. The summed E-state index contributed by atoms with van der Waals surface area (Å²) < 4.78 is 21.8. The average Bonchev–Trinajstić information content (AvgIpc) is 2.15. The largest absolute Gasteiger partial charge is 0.345 e. The molecule has 1 N–H and O–H groups in total. The van der Waals surface area contributed by atoms with Crippen LogP contribution in [-0.2, 0) is 0 Å². The van der Waals surface area contributed by atoms with Gasteiger partial charge in [-0.1, -0.05) is 18.2 Å². The average molecular weight is 163 g/mol. The van der Waals surface area contributed by atoms with Gasteiger partial charge in [-0.05, 0) is 12.9 Å². The zero-order chi connectivity index (χ0) is 11.1. The minimum Gasteiger partial charge on any atom is -0.305 e. The Morgan fingerprint density at radius 2 is 2.33 bits per heavy atom. The van der Waals surface area contributed by atoms with E-state index in [2.05, 4.69) is 9.97 Å². The van der Waals surface area contributed by atoms with E-state index < -0.39 is 12.5 Å². The second kappa shape index (κ2) is 2.44. The van der Waals surface area contributed by atoms with E-state index in [4.69, 9.17) is 4.11 Å². The van der Waals surface area contributed by atoms with Crippen LogP contribution >= 0.6 is 0 Å². The maximum Gasteiger partial charge on any atom is 0.345 e. The van der Waals surface area contributed by atoms with Crippen LogP contribution in [-0.4, -0.2) is 9.97 Å². The van der Waals surface area contributed by atoms with Crippen molar-refractivity contribution in [3.8, 4) is 0 Å². The van der Waals surface area contributed by atoms with Gasteiger partial charge in [-0.15, -0.1) is 0 Å². The van der Waals surface area contributed by atoms with Gasteiger partial charge in [0.05, 0.1) is 11.2 Å². The number of nitrogens with one attached hydrogen (secondary N) is 1. The summed E-state index contributed by atoms with van der Waals surface area (Å²) in [5.74, 6) is 0. The molecule has 60 valence electrons. The third kappa shape index (κ3) is 0.993. The monoisotopic (exact) mass is 163 g/mol. The lowest BCUT2D eigenvalue weighted by Crippen LogP contribution is -2.11. The predicted octanol–water partition coefficient (Wildman–Crippen LogP) is 1.23. The van der Waals surface area contributed by atoms with Gasteiger partial charge < -0.3 is 4.98 Å². The van der Waals surface area contributed by atoms with E-state index in [0.29, 0.717) is 10.9 Å². The Hall–Kier alpha value is -1.64. The van der Waals surface area contributed by atoms with Gasteiger partial charge in [-0.2, -0.15) is 4.98 Å². The summed E-state index contributed by atoms with van der Waals surface area (Å²) in [6, 6.07) is 6.70. The maximum absolute atomic E-state index is 11.1. The number of hydrogen-bond acceptors (Lipinski definition) is 2. The Balaban J connectivity index is 2.89. The standard InChI is InChI=1S/C9H8N2O/c1-6-7-4-2-3-5-8(7)11-9(12)10-6/h2-5H,1H3,(H,10,11,12)/i1D3. The van der Waals surface area contributed by atoms with E-state index in [1.54, 1.807) is 24.3 Å². The number of para-hydroxylation sites is 1. The smallest absolute Gasteiger partial charge is 0.305 e. The zero-order valence-corrected chi connectivity index (χ0v) is 6.16. The fraction of sp³-hybridized carbons (Fsp3) is 0.111. The fourth-order valence-electron chi connectivity index (χ4n) is 1.10. The van der Waals surface area contributed by atoms with Crippen molar-refractivity contribution < 1.29 is 4.11 Å². The van der Waals surface area contributed by atoms with Crippen LogP contribution in [0.2, 0.25) is 0 Å². The van der Waals surface area contributed by atoms with Crippen LogP contribution in [0.15, 0.2) is 29.1 Å². The summed E-state index contributed by atoms with van der Waals surface area (Å²) >= 11 is 0. The molecule has 2 rings (SSSR count). The molecule has 0 aliphatic carbocycles. The topological polar surface area (TPSA) is 45.8 Å². The zero-order valence-electron chi connectivity index (χ0n) is 9.16. The molecule has 12 heavy (non-hydrogen) atoms. The third-order valence-electron chi connectivity index (χ3n) is 1.64. The fourth-order valence-corrected chi connectivity index (χ4v) is 1.10. The lowest BCUT2D eigenvalue weighted by molar-refractivity contribution is 1.07.